The fraction of sp³-hybridized carbons (Fsp3) is 0.900. The van der Waals surface area contributed by atoms with E-state index in [2.05, 4.69) is 5.32 Å². The van der Waals surface area contributed by atoms with E-state index in [1.54, 1.807) is 0 Å². The molecule has 3 aliphatic heterocycles. The highest BCUT2D eigenvalue weighted by molar-refractivity contribution is 5.70. The zero-order valence-corrected chi connectivity index (χ0v) is 9.04. The van der Waals surface area contributed by atoms with Crippen LogP contribution in [0.25, 0.3) is 0 Å². The van der Waals surface area contributed by atoms with E-state index in [9.17, 15) is 4.79 Å². The number of carbonyl (C=O) groups is 1. The average Bonchev–Trinajstić information content (AvgIpc) is 2.01. The summed E-state index contributed by atoms with van der Waals surface area (Å²) in [6, 6.07) is 0.729. The average molecular weight is 198 g/mol. The van der Waals surface area contributed by atoms with Gasteiger partial charge in [0, 0.05) is 25.2 Å². The third-order valence-electron chi connectivity index (χ3n) is 2.70. The number of rotatable bonds is 0. The van der Waals surface area contributed by atoms with Crippen molar-refractivity contribution >= 4 is 6.09 Å². The first kappa shape index (κ1) is 9.77. The van der Waals surface area contributed by atoms with Gasteiger partial charge in [0.25, 0.3) is 0 Å². The Morgan fingerprint density at radius 2 is 1.93 bits per heavy atom. The van der Waals surface area contributed by atoms with Crippen LogP contribution in [-0.2, 0) is 4.74 Å². The number of ether oxygens (including phenoxy) is 1. The van der Waals surface area contributed by atoms with Gasteiger partial charge in [-0.25, -0.2) is 4.79 Å². The molecule has 0 aromatic rings. The van der Waals surface area contributed by atoms with Crippen LogP contribution in [0.5, 0.6) is 0 Å². The van der Waals surface area contributed by atoms with Gasteiger partial charge in [-0.1, -0.05) is 0 Å². The Balaban J connectivity index is 1.93. The normalized spacial score (nSPS) is 30.9. The lowest BCUT2D eigenvalue weighted by atomic mass is 9.89. The Morgan fingerprint density at radius 3 is 2.36 bits per heavy atom. The van der Waals surface area contributed by atoms with Crippen LogP contribution in [0.15, 0.2) is 0 Å². The molecule has 2 atom stereocenters. The maximum absolute atomic E-state index is 11.7. The summed E-state index contributed by atoms with van der Waals surface area (Å²) in [6.07, 6.45) is 0.979. The molecule has 3 heterocycles. The molecule has 0 spiro atoms. The Bertz CT molecular complexity index is 233. The lowest BCUT2D eigenvalue weighted by Crippen LogP contribution is -2.69. The van der Waals surface area contributed by atoms with Gasteiger partial charge in [-0.2, -0.15) is 0 Å². The van der Waals surface area contributed by atoms with Crippen LogP contribution >= 0.6 is 0 Å². The van der Waals surface area contributed by atoms with Gasteiger partial charge in [0.1, 0.15) is 5.60 Å². The number of piperidine rings is 1. The summed E-state index contributed by atoms with van der Waals surface area (Å²) >= 11 is 0. The first-order chi connectivity index (χ1) is 6.47. The third-order valence-corrected chi connectivity index (χ3v) is 2.70. The Labute approximate surface area is 84.6 Å². The molecule has 1 N–H and O–H groups in total. The lowest BCUT2D eigenvalue weighted by molar-refractivity contribution is -0.0439. The molecule has 14 heavy (non-hydrogen) atoms. The molecule has 0 unspecified atom stereocenters. The van der Waals surface area contributed by atoms with Crippen molar-refractivity contribution in [2.75, 3.05) is 13.1 Å². The molecule has 0 saturated carbocycles. The van der Waals surface area contributed by atoms with Gasteiger partial charge in [0.05, 0.1) is 0 Å². The van der Waals surface area contributed by atoms with Crippen LogP contribution in [-0.4, -0.2) is 41.8 Å². The molecule has 0 aromatic heterocycles. The molecule has 3 fully saturated rings. The van der Waals surface area contributed by atoms with Crippen LogP contribution < -0.4 is 5.32 Å². The van der Waals surface area contributed by atoms with Gasteiger partial charge in [0.15, 0.2) is 0 Å². The van der Waals surface area contributed by atoms with E-state index >= 15 is 0 Å². The summed E-state index contributed by atoms with van der Waals surface area (Å²) in [5, 5.41) is 3.28. The number of nitrogens with one attached hydrogen (secondary N) is 1. The minimum atomic E-state index is -0.381. The molecule has 0 aliphatic carbocycles. The van der Waals surface area contributed by atoms with Crippen molar-refractivity contribution in [1.29, 1.82) is 0 Å². The van der Waals surface area contributed by atoms with Crippen molar-refractivity contribution in [3.8, 4) is 0 Å². The second-order valence-corrected chi connectivity index (χ2v) is 5.09. The van der Waals surface area contributed by atoms with Crippen LogP contribution in [0.3, 0.4) is 0 Å². The van der Waals surface area contributed by atoms with Crippen LogP contribution in [0.1, 0.15) is 27.2 Å². The Hall–Kier alpha value is -0.770. The van der Waals surface area contributed by atoms with Crippen molar-refractivity contribution in [2.24, 2.45) is 0 Å². The number of hydrogen-bond donors (Lipinski definition) is 1. The summed E-state index contributed by atoms with van der Waals surface area (Å²) in [7, 11) is 0. The largest absolute Gasteiger partial charge is 0.444 e. The summed E-state index contributed by atoms with van der Waals surface area (Å²) in [5.74, 6) is 0. The number of piperazine rings is 1. The van der Waals surface area contributed by atoms with Crippen molar-refractivity contribution < 1.29 is 9.53 Å². The van der Waals surface area contributed by atoms with Crippen molar-refractivity contribution in [3.05, 3.63) is 0 Å². The molecule has 3 aliphatic rings. The summed E-state index contributed by atoms with van der Waals surface area (Å²) < 4.78 is 5.34. The minimum absolute atomic E-state index is 0.153. The van der Waals surface area contributed by atoms with E-state index < -0.39 is 0 Å². The number of carbonyl (C=O) groups excluding carboxylic acids is 1. The maximum Gasteiger partial charge on any atom is 0.410 e. The molecule has 80 valence electrons. The standard InChI is InChI=1S/C10H18N2O2/c1-10(2,3)14-9(13)12-7-4-8(12)6-11-5-7/h7-8,11H,4-6H2,1-3H3/t7-,8-/m0/s1. The second-order valence-electron chi connectivity index (χ2n) is 5.09. The molecule has 3 saturated heterocycles. The molecular formula is C10H18N2O2. The minimum Gasteiger partial charge on any atom is -0.444 e. The summed E-state index contributed by atoms with van der Waals surface area (Å²) in [4.78, 5) is 13.6. The van der Waals surface area contributed by atoms with Gasteiger partial charge in [-0.15, -0.1) is 0 Å². The van der Waals surface area contributed by atoms with Gasteiger partial charge in [-0.3, -0.25) is 4.90 Å². The highest BCUT2D eigenvalue weighted by Crippen LogP contribution is 2.29. The molecule has 0 aromatic carbocycles. The second kappa shape index (κ2) is 3.12. The topological polar surface area (TPSA) is 41.6 Å². The van der Waals surface area contributed by atoms with Crippen molar-refractivity contribution in [3.63, 3.8) is 0 Å². The van der Waals surface area contributed by atoms with Crippen LogP contribution in [0.2, 0.25) is 0 Å². The zero-order valence-electron chi connectivity index (χ0n) is 9.04. The fourth-order valence-electron chi connectivity index (χ4n) is 2.09. The predicted molar refractivity (Wildman–Crippen MR) is 53.1 cm³/mol. The zero-order chi connectivity index (χ0) is 10.3. The summed E-state index contributed by atoms with van der Waals surface area (Å²) in [6.45, 7) is 7.53. The number of amides is 1. The van der Waals surface area contributed by atoms with E-state index in [-0.39, 0.29) is 11.7 Å². The highest BCUT2D eigenvalue weighted by atomic mass is 16.6. The lowest BCUT2D eigenvalue weighted by Gasteiger charge is -2.52. The first-order valence-electron chi connectivity index (χ1n) is 5.19. The number of nitrogens with zero attached hydrogens (tertiary/aromatic N) is 1. The van der Waals surface area contributed by atoms with E-state index in [4.69, 9.17) is 4.74 Å². The number of hydrogen-bond acceptors (Lipinski definition) is 3. The fourth-order valence-corrected chi connectivity index (χ4v) is 2.09. The highest BCUT2D eigenvalue weighted by Gasteiger charge is 2.45. The van der Waals surface area contributed by atoms with Gasteiger partial charge in [-0.05, 0) is 27.2 Å². The monoisotopic (exact) mass is 198 g/mol. The van der Waals surface area contributed by atoms with E-state index in [1.807, 2.05) is 25.7 Å². The Kier molecular flexibility index (Phi) is 2.18. The molecule has 2 bridgehead atoms. The van der Waals surface area contributed by atoms with Crippen molar-refractivity contribution in [2.45, 2.75) is 44.9 Å². The molecule has 3 rings (SSSR count). The molecular weight excluding hydrogens is 180 g/mol. The quantitative estimate of drug-likeness (QED) is 0.630. The van der Waals surface area contributed by atoms with Crippen molar-refractivity contribution in [1.82, 2.24) is 10.2 Å². The first-order valence-corrected chi connectivity index (χ1v) is 5.19. The van der Waals surface area contributed by atoms with Gasteiger partial charge in [0.2, 0.25) is 0 Å². The SMILES string of the molecule is CC(C)(C)OC(=O)N1[C@@H]2CNC[C@@H]1C2. The maximum atomic E-state index is 11.7. The number of fused-ring (bicyclic) bond motifs is 2. The predicted octanol–water partition coefficient (Wildman–Crippen LogP) is 0.968. The van der Waals surface area contributed by atoms with Gasteiger partial charge >= 0.3 is 6.09 Å². The molecule has 0 radical (unpaired) electrons. The third kappa shape index (κ3) is 1.71. The van der Waals surface area contributed by atoms with Gasteiger partial charge < -0.3 is 10.1 Å². The van der Waals surface area contributed by atoms with E-state index in [1.165, 1.54) is 0 Å². The molecule has 4 heteroatoms. The van der Waals surface area contributed by atoms with Crippen LogP contribution in [0, 0.1) is 0 Å². The molecule has 1 amide bonds. The Morgan fingerprint density at radius 1 is 1.36 bits per heavy atom. The molecule has 4 nitrogen and oxygen atoms in total. The van der Waals surface area contributed by atoms with Crippen LogP contribution in [0.4, 0.5) is 4.79 Å². The van der Waals surface area contributed by atoms with E-state index in [0.29, 0.717) is 12.1 Å². The summed E-state index contributed by atoms with van der Waals surface area (Å²) in [5.41, 5.74) is -0.381. The van der Waals surface area contributed by atoms with E-state index in [0.717, 1.165) is 19.5 Å². The smallest absolute Gasteiger partial charge is 0.410 e.